The number of aliphatic hydroxyl groups excluding tert-OH is 1. The molecule has 14 heavy (non-hydrogen) atoms. The number of nitrogen functional groups attached to an aromatic ring is 1. The molecule has 0 aliphatic carbocycles. The average Bonchev–Trinajstić information content (AvgIpc) is 2.11. The summed E-state index contributed by atoms with van der Waals surface area (Å²) in [7, 11) is 0. The summed E-state index contributed by atoms with van der Waals surface area (Å²) in [6.45, 7) is 1.14. The number of hydrogen-bond donors (Lipinski definition) is 4. The molecule has 0 aliphatic heterocycles. The lowest BCUT2D eigenvalue weighted by molar-refractivity contribution is 0.207. The van der Waals surface area contributed by atoms with Gasteiger partial charge >= 0.3 is 0 Å². The number of phenols is 1. The fraction of sp³-hybridized carbons (Fsp3) is 0.333. The van der Waals surface area contributed by atoms with Gasteiger partial charge in [-0.3, -0.25) is 0 Å². The molecule has 0 amide bonds. The minimum Gasteiger partial charge on any atom is -0.507 e. The van der Waals surface area contributed by atoms with E-state index in [2.05, 4.69) is 0 Å². The molecule has 0 unspecified atom stereocenters. The number of phenolic OH excluding ortho intramolecular Hbond substituents is 1. The Morgan fingerprint density at radius 1 is 1.50 bits per heavy atom. The van der Waals surface area contributed by atoms with Crippen LogP contribution in [0.5, 0.6) is 5.75 Å². The second-order valence-corrected chi connectivity index (χ2v) is 3.47. The molecule has 1 aromatic rings. The van der Waals surface area contributed by atoms with Crippen molar-refractivity contribution in [3.05, 3.63) is 23.5 Å². The number of anilines is 1. The Kier molecular flexibility index (Phi) is 2.64. The van der Waals surface area contributed by atoms with Gasteiger partial charge in [0.1, 0.15) is 11.6 Å². The first kappa shape index (κ1) is 10.7. The van der Waals surface area contributed by atoms with Gasteiger partial charge in [-0.25, -0.2) is 4.39 Å². The molecule has 5 heteroatoms. The van der Waals surface area contributed by atoms with Crippen molar-refractivity contribution >= 4 is 5.69 Å². The summed E-state index contributed by atoms with van der Waals surface area (Å²) >= 11 is 0. The van der Waals surface area contributed by atoms with Crippen LogP contribution in [0.15, 0.2) is 12.1 Å². The van der Waals surface area contributed by atoms with E-state index in [9.17, 15) is 9.50 Å². The molecular formula is C9H13FN2O2. The molecular weight excluding hydrogens is 187 g/mol. The first-order chi connectivity index (χ1) is 6.38. The highest BCUT2D eigenvalue weighted by molar-refractivity contribution is 5.51. The van der Waals surface area contributed by atoms with Gasteiger partial charge in [-0.05, 0) is 13.0 Å². The predicted octanol–water partition coefficient (Wildman–Crippen LogP) is 0.280. The highest BCUT2D eigenvalue weighted by Gasteiger charge is 2.24. The maximum absolute atomic E-state index is 12.9. The Hall–Kier alpha value is -1.33. The Morgan fingerprint density at radius 3 is 2.57 bits per heavy atom. The lowest BCUT2D eigenvalue weighted by Gasteiger charge is -2.23. The molecule has 0 saturated carbocycles. The molecule has 1 rings (SSSR count). The largest absolute Gasteiger partial charge is 0.507 e. The first-order valence-electron chi connectivity index (χ1n) is 4.06. The maximum atomic E-state index is 12.9. The van der Waals surface area contributed by atoms with Crippen LogP contribution < -0.4 is 11.5 Å². The Balaban J connectivity index is 3.29. The molecule has 0 radical (unpaired) electrons. The molecule has 6 N–H and O–H groups in total. The van der Waals surface area contributed by atoms with Gasteiger partial charge < -0.3 is 21.7 Å². The van der Waals surface area contributed by atoms with E-state index in [0.29, 0.717) is 0 Å². The Labute approximate surface area is 81.0 Å². The van der Waals surface area contributed by atoms with Crippen molar-refractivity contribution < 1.29 is 14.6 Å². The SMILES string of the molecule is C[C@@](N)(CO)c1cc(N)c(F)cc1O. The lowest BCUT2D eigenvalue weighted by atomic mass is 9.93. The molecule has 0 aromatic heterocycles. The fourth-order valence-electron chi connectivity index (χ4n) is 1.12. The summed E-state index contributed by atoms with van der Waals surface area (Å²) in [5, 5.41) is 18.4. The summed E-state index contributed by atoms with van der Waals surface area (Å²) < 4.78 is 12.9. The van der Waals surface area contributed by atoms with Crippen LogP contribution in [0, 0.1) is 5.82 Å². The van der Waals surface area contributed by atoms with Gasteiger partial charge in [-0.2, -0.15) is 0 Å². The van der Waals surface area contributed by atoms with Gasteiger partial charge in [0, 0.05) is 11.6 Å². The Bertz CT molecular complexity index is 353. The van der Waals surface area contributed by atoms with E-state index in [-0.39, 0.29) is 23.6 Å². The monoisotopic (exact) mass is 200 g/mol. The topological polar surface area (TPSA) is 92.5 Å². The third-order valence-corrected chi connectivity index (χ3v) is 2.06. The van der Waals surface area contributed by atoms with E-state index in [4.69, 9.17) is 16.6 Å². The van der Waals surface area contributed by atoms with Crippen molar-refractivity contribution in [1.82, 2.24) is 0 Å². The third-order valence-electron chi connectivity index (χ3n) is 2.06. The minimum absolute atomic E-state index is 0.108. The van der Waals surface area contributed by atoms with Crippen molar-refractivity contribution in [1.29, 1.82) is 0 Å². The van der Waals surface area contributed by atoms with Crippen LogP contribution in [-0.2, 0) is 5.54 Å². The van der Waals surface area contributed by atoms with Crippen LogP contribution in [0.3, 0.4) is 0 Å². The van der Waals surface area contributed by atoms with E-state index in [1.54, 1.807) is 0 Å². The maximum Gasteiger partial charge on any atom is 0.149 e. The smallest absolute Gasteiger partial charge is 0.149 e. The molecule has 0 bridgehead atoms. The van der Waals surface area contributed by atoms with Gasteiger partial charge in [-0.1, -0.05) is 0 Å². The van der Waals surface area contributed by atoms with Crippen molar-refractivity contribution in [3.63, 3.8) is 0 Å². The van der Waals surface area contributed by atoms with Gasteiger partial charge in [0.25, 0.3) is 0 Å². The number of nitrogens with two attached hydrogens (primary N) is 2. The van der Waals surface area contributed by atoms with Gasteiger partial charge in [0.2, 0.25) is 0 Å². The van der Waals surface area contributed by atoms with E-state index in [1.165, 1.54) is 13.0 Å². The van der Waals surface area contributed by atoms with Crippen molar-refractivity contribution in [2.75, 3.05) is 12.3 Å². The van der Waals surface area contributed by atoms with Crippen LogP contribution >= 0.6 is 0 Å². The molecule has 0 heterocycles. The van der Waals surface area contributed by atoms with E-state index >= 15 is 0 Å². The summed E-state index contributed by atoms with van der Waals surface area (Å²) in [6.07, 6.45) is 0. The quantitative estimate of drug-likeness (QED) is 0.407. The zero-order chi connectivity index (χ0) is 10.9. The molecule has 0 aliphatic rings. The summed E-state index contributed by atoms with van der Waals surface area (Å²) in [4.78, 5) is 0. The number of rotatable bonds is 2. The molecule has 0 fully saturated rings. The van der Waals surface area contributed by atoms with Gasteiger partial charge in [0.15, 0.2) is 0 Å². The van der Waals surface area contributed by atoms with Crippen LogP contribution in [-0.4, -0.2) is 16.8 Å². The summed E-state index contributed by atoms with van der Waals surface area (Å²) in [6, 6.07) is 2.10. The predicted molar refractivity (Wildman–Crippen MR) is 51.1 cm³/mol. The third kappa shape index (κ3) is 1.78. The second kappa shape index (κ2) is 3.43. The first-order valence-corrected chi connectivity index (χ1v) is 4.06. The summed E-state index contributed by atoms with van der Waals surface area (Å²) in [5.41, 5.74) is 9.97. The molecule has 4 nitrogen and oxygen atoms in total. The number of halogens is 1. The standard InChI is InChI=1S/C9H13FN2O2/c1-9(12,4-13)5-2-7(11)6(10)3-8(5)14/h2-3,13-14H,4,11-12H2,1H3/t9-/m1/s1. The summed E-state index contributed by atoms with van der Waals surface area (Å²) in [5.74, 6) is -1.02. The Morgan fingerprint density at radius 2 is 2.07 bits per heavy atom. The van der Waals surface area contributed by atoms with E-state index < -0.39 is 11.4 Å². The van der Waals surface area contributed by atoms with Crippen LogP contribution in [0.25, 0.3) is 0 Å². The number of aromatic hydroxyl groups is 1. The zero-order valence-electron chi connectivity index (χ0n) is 7.79. The van der Waals surface area contributed by atoms with Crippen LogP contribution in [0.1, 0.15) is 12.5 Å². The molecule has 0 spiro atoms. The van der Waals surface area contributed by atoms with E-state index in [0.717, 1.165) is 6.07 Å². The van der Waals surface area contributed by atoms with Crippen LogP contribution in [0.2, 0.25) is 0 Å². The lowest BCUT2D eigenvalue weighted by Crippen LogP contribution is -2.37. The molecule has 1 atom stereocenters. The van der Waals surface area contributed by atoms with Crippen molar-refractivity contribution in [2.45, 2.75) is 12.5 Å². The van der Waals surface area contributed by atoms with Gasteiger partial charge in [-0.15, -0.1) is 0 Å². The molecule has 0 saturated heterocycles. The van der Waals surface area contributed by atoms with Crippen LogP contribution in [0.4, 0.5) is 10.1 Å². The zero-order valence-corrected chi connectivity index (χ0v) is 7.79. The fourth-order valence-corrected chi connectivity index (χ4v) is 1.12. The minimum atomic E-state index is -1.13. The number of benzene rings is 1. The van der Waals surface area contributed by atoms with Gasteiger partial charge in [0.05, 0.1) is 17.8 Å². The molecule has 78 valence electrons. The highest BCUT2D eigenvalue weighted by Crippen LogP contribution is 2.30. The highest BCUT2D eigenvalue weighted by atomic mass is 19.1. The number of aliphatic hydroxyl groups is 1. The number of hydrogen-bond acceptors (Lipinski definition) is 4. The molecule has 1 aromatic carbocycles. The average molecular weight is 200 g/mol. The second-order valence-electron chi connectivity index (χ2n) is 3.47. The van der Waals surface area contributed by atoms with E-state index in [1.807, 2.05) is 0 Å². The van der Waals surface area contributed by atoms with Crippen molar-refractivity contribution in [3.8, 4) is 5.75 Å². The van der Waals surface area contributed by atoms with Crippen molar-refractivity contribution in [2.24, 2.45) is 5.73 Å². The normalized spacial score (nSPS) is 15.1.